The van der Waals surface area contributed by atoms with E-state index < -0.39 is 18.4 Å². The minimum Gasteiger partial charge on any atom is -0.365 e. The van der Waals surface area contributed by atoms with E-state index in [0.717, 1.165) is 31.1 Å². The Kier molecular flexibility index (Phi) is 2.98. The van der Waals surface area contributed by atoms with Crippen molar-refractivity contribution in [2.75, 3.05) is 6.61 Å². The molecular formula is C15H23F3O. The second-order valence-corrected chi connectivity index (χ2v) is 7.61. The van der Waals surface area contributed by atoms with Crippen molar-refractivity contribution < 1.29 is 17.9 Å². The predicted octanol–water partition coefficient (Wildman–Crippen LogP) is 4.56. The number of ether oxygens (including phenoxy) is 1. The Balaban J connectivity index is 1.84. The molecule has 4 bridgehead atoms. The molecule has 110 valence electrons. The lowest BCUT2D eigenvalue weighted by Gasteiger charge is -2.50. The lowest BCUT2D eigenvalue weighted by molar-refractivity contribution is -0.229. The van der Waals surface area contributed by atoms with Gasteiger partial charge in [0.1, 0.15) is 6.61 Å². The third-order valence-corrected chi connectivity index (χ3v) is 5.99. The van der Waals surface area contributed by atoms with Crippen LogP contribution in [0.4, 0.5) is 13.2 Å². The van der Waals surface area contributed by atoms with Gasteiger partial charge >= 0.3 is 6.18 Å². The quantitative estimate of drug-likeness (QED) is 0.718. The highest BCUT2D eigenvalue weighted by atomic mass is 19.4. The molecule has 0 amide bonds. The summed E-state index contributed by atoms with van der Waals surface area (Å²) in [6.07, 6.45) is 2.40. The van der Waals surface area contributed by atoms with E-state index in [2.05, 4.69) is 6.92 Å². The van der Waals surface area contributed by atoms with Crippen LogP contribution in [0.2, 0.25) is 0 Å². The van der Waals surface area contributed by atoms with Crippen molar-refractivity contribution in [2.24, 2.45) is 23.2 Å². The molecule has 0 aromatic rings. The van der Waals surface area contributed by atoms with Gasteiger partial charge in [0.2, 0.25) is 0 Å². The first kappa shape index (κ1) is 13.7. The molecule has 4 fully saturated rings. The first-order valence-corrected chi connectivity index (χ1v) is 7.40. The van der Waals surface area contributed by atoms with Gasteiger partial charge in [0, 0.05) is 0 Å². The first-order chi connectivity index (χ1) is 8.69. The zero-order valence-corrected chi connectivity index (χ0v) is 11.7. The molecule has 4 aliphatic rings. The molecule has 0 heterocycles. The summed E-state index contributed by atoms with van der Waals surface area (Å²) in [7, 11) is 0. The van der Waals surface area contributed by atoms with Crippen molar-refractivity contribution in [1.29, 1.82) is 0 Å². The molecule has 0 spiro atoms. The van der Waals surface area contributed by atoms with Crippen LogP contribution in [-0.4, -0.2) is 18.4 Å². The highest BCUT2D eigenvalue weighted by Crippen LogP contribution is 2.61. The fourth-order valence-electron chi connectivity index (χ4n) is 5.26. The molecule has 0 radical (unpaired) electrons. The Bertz CT molecular complexity index is 351. The number of hydrogen-bond acceptors (Lipinski definition) is 1. The monoisotopic (exact) mass is 276 g/mol. The highest BCUT2D eigenvalue weighted by molar-refractivity contribution is 5.07. The molecule has 3 unspecified atom stereocenters. The van der Waals surface area contributed by atoms with Crippen molar-refractivity contribution in [3.63, 3.8) is 0 Å². The smallest absolute Gasteiger partial charge is 0.365 e. The summed E-state index contributed by atoms with van der Waals surface area (Å²) in [4.78, 5) is 0. The van der Waals surface area contributed by atoms with Crippen molar-refractivity contribution in [3.8, 4) is 0 Å². The third-order valence-electron chi connectivity index (χ3n) is 5.99. The summed E-state index contributed by atoms with van der Waals surface area (Å²) in [5, 5.41) is 0. The average Bonchev–Trinajstić information content (AvgIpc) is 2.34. The molecule has 0 aromatic carbocycles. The van der Waals surface area contributed by atoms with Crippen LogP contribution in [0.25, 0.3) is 0 Å². The maximum atomic E-state index is 12.5. The molecule has 0 saturated heterocycles. The van der Waals surface area contributed by atoms with E-state index >= 15 is 0 Å². The minimum absolute atomic E-state index is 0.0723. The molecule has 1 nitrogen and oxygen atoms in total. The van der Waals surface area contributed by atoms with Gasteiger partial charge in [-0.1, -0.05) is 6.92 Å². The van der Waals surface area contributed by atoms with E-state index in [4.69, 9.17) is 4.74 Å². The van der Waals surface area contributed by atoms with Gasteiger partial charge in [-0.3, -0.25) is 0 Å². The second-order valence-electron chi connectivity index (χ2n) is 7.61. The van der Waals surface area contributed by atoms with Crippen LogP contribution >= 0.6 is 0 Å². The normalized spacial score (nSPS) is 49.4. The number of hydrogen-bond donors (Lipinski definition) is 0. The van der Waals surface area contributed by atoms with Gasteiger partial charge in [-0.2, -0.15) is 13.2 Å². The average molecular weight is 276 g/mol. The Morgan fingerprint density at radius 1 is 0.947 bits per heavy atom. The van der Waals surface area contributed by atoms with Gasteiger partial charge in [0.15, 0.2) is 0 Å². The number of alkyl halides is 3. The maximum Gasteiger partial charge on any atom is 0.411 e. The van der Waals surface area contributed by atoms with Gasteiger partial charge < -0.3 is 4.74 Å². The largest absolute Gasteiger partial charge is 0.411 e. The summed E-state index contributed by atoms with van der Waals surface area (Å²) in [6.45, 7) is 3.00. The van der Waals surface area contributed by atoms with E-state index in [1.807, 2.05) is 6.92 Å². The van der Waals surface area contributed by atoms with Crippen molar-refractivity contribution in [2.45, 2.75) is 64.1 Å². The van der Waals surface area contributed by atoms with E-state index in [1.54, 1.807) is 0 Å². The van der Waals surface area contributed by atoms with Crippen molar-refractivity contribution in [3.05, 3.63) is 0 Å². The number of fused-ring (bicyclic) bond motifs is 1. The molecule has 4 saturated carbocycles. The topological polar surface area (TPSA) is 9.23 Å². The molecular weight excluding hydrogens is 253 g/mol. The zero-order chi connectivity index (χ0) is 13.9. The minimum atomic E-state index is -4.22. The lowest BCUT2D eigenvalue weighted by atomic mass is 9.59. The van der Waals surface area contributed by atoms with Crippen LogP contribution in [0.1, 0.15) is 52.4 Å². The fraction of sp³-hybridized carbons (Fsp3) is 1.00. The van der Waals surface area contributed by atoms with Crippen LogP contribution in [0.5, 0.6) is 0 Å². The molecule has 4 aliphatic carbocycles. The SMILES string of the molecule is CC12C[C@@H]3CC(C[C@@H](C3)C1)CC2(C)OCC(F)(F)F. The summed E-state index contributed by atoms with van der Waals surface area (Å²) in [6, 6.07) is 0. The van der Waals surface area contributed by atoms with E-state index in [-0.39, 0.29) is 5.41 Å². The molecule has 5 atom stereocenters. The summed E-state index contributed by atoms with van der Waals surface area (Å²) >= 11 is 0. The first-order valence-electron chi connectivity index (χ1n) is 7.40. The summed E-state index contributed by atoms with van der Waals surface area (Å²) in [5.74, 6) is 2.02. The fourth-order valence-corrected chi connectivity index (χ4v) is 5.26. The lowest BCUT2D eigenvalue weighted by Crippen LogP contribution is -2.49. The van der Waals surface area contributed by atoms with E-state index in [9.17, 15) is 13.2 Å². The zero-order valence-electron chi connectivity index (χ0n) is 11.7. The van der Waals surface area contributed by atoms with E-state index in [0.29, 0.717) is 5.92 Å². The highest BCUT2D eigenvalue weighted by Gasteiger charge is 2.57. The number of halogens is 3. The second kappa shape index (κ2) is 4.12. The molecule has 4 rings (SSSR count). The standard InChI is InChI=1S/C15H23F3O/c1-13-6-10-3-11(7-13)5-12(4-10)8-14(13,2)19-9-15(16,17)18/h10-12H,3-9H2,1-2H3/t10-,11+,12?,13?,14?. The van der Waals surface area contributed by atoms with Crippen LogP contribution in [0.15, 0.2) is 0 Å². The predicted molar refractivity (Wildman–Crippen MR) is 66.7 cm³/mol. The Morgan fingerprint density at radius 2 is 1.42 bits per heavy atom. The van der Waals surface area contributed by atoms with Gasteiger partial charge in [-0.15, -0.1) is 0 Å². The van der Waals surface area contributed by atoms with Gasteiger partial charge in [0.25, 0.3) is 0 Å². The Hall–Kier alpha value is -0.250. The van der Waals surface area contributed by atoms with Crippen molar-refractivity contribution >= 4 is 0 Å². The van der Waals surface area contributed by atoms with Crippen LogP contribution < -0.4 is 0 Å². The molecule has 0 N–H and O–H groups in total. The van der Waals surface area contributed by atoms with E-state index in [1.165, 1.54) is 19.3 Å². The maximum absolute atomic E-state index is 12.5. The van der Waals surface area contributed by atoms with Gasteiger partial charge in [0.05, 0.1) is 5.60 Å². The Labute approximate surface area is 112 Å². The third kappa shape index (κ3) is 2.41. The molecule has 0 aromatic heterocycles. The van der Waals surface area contributed by atoms with Gasteiger partial charge in [-0.05, 0) is 68.6 Å². The van der Waals surface area contributed by atoms with Crippen LogP contribution in [0.3, 0.4) is 0 Å². The summed E-state index contributed by atoms with van der Waals surface area (Å²) in [5.41, 5.74) is -0.672. The van der Waals surface area contributed by atoms with Crippen LogP contribution in [0, 0.1) is 23.2 Å². The van der Waals surface area contributed by atoms with Crippen molar-refractivity contribution in [1.82, 2.24) is 0 Å². The molecule has 19 heavy (non-hydrogen) atoms. The number of rotatable bonds is 2. The Morgan fingerprint density at radius 3 is 1.89 bits per heavy atom. The van der Waals surface area contributed by atoms with Crippen LogP contribution in [-0.2, 0) is 4.74 Å². The summed E-state index contributed by atoms with van der Waals surface area (Å²) < 4.78 is 43.0. The molecule has 4 heteroatoms. The molecule has 0 aliphatic heterocycles. The van der Waals surface area contributed by atoms with Gasteiger partial charge in [-0.25, -0.2) is 0 Å².